The molecule has 0 saturated heterocycles. The van der Waals surface area contributed by atoms with Crippen molar-refractivity contribution in [3.8, 4) is 0 Å². The number of nitrogens with one attached hydrogen (secondary N) is 1. The second-order valence-corrected chi connectivity index (χ2v) is 5.00. The molecule has 0 bridgehead atoms. The predicted octanol–water partition coefficient (Wildman–Crippen LogP) is 3.31. The Labute approximate surface area is 103 Å². The lowest BCUT2D eigenvalue weighted by Gasteiger charge is -2.28. The van der Waals surface area contributed by atoms with Crippen molar-refractivity contribution in [1.82, 2.24) is 10.3 Å². The van der Waals surface area contributed by atoms with Crippen LogP contribution in [0, 0.1) is 17.7 Å². The molecule has 17 heavy (non-hydrogen) atoms. The highest BCUT2D eigenvalue weighted by Crippen LogP contribution is 2.40. The van der Waals surface area contributed by atoms with Crippen molar-refractivity contribution in [2.75, 3.05) is 6.54 Å². The number of aromatic nitrogens is 1. The summed E-state index contributed by atoms with van der Waals surface area (Å²) >= 11 is 0. The van der Waals surface area contributed by atoms with E-state index >= 15 is 0 Å². The molecule has 3 heteroatoms. The van der Waals surface area contributed by atoms with Crippen LogP contribution in [0.1, 0.15) is 44.7 Å². The molecule has 1 aliphatic carbocycles. The summed E-state index contributed by atoms with van der Waals surface area (Å²) in [6.07, 6.45) is 6.72. The fourth-order valence-corrected chi connectivity index (χ4v) is 3.02. The van der Waals surface area contributed by atoms with Gasteiger partial charge in [-0.1, -0.05) is 26.7 Å². The van der Waals surface area contributed by atoms with E-state index in [1.165, 1.54) is 25.5 Å². The van der Waals surface area contributed by atoms with Gasteiger partial charge >= 0.3 is 0 Å². The minimum atomic E-state index is -0.183. The average molecular weight is 236 g/mol. The van der Waals surface area contributed by atoms with E-state index in [0.29, 0.717) is 11.8 Å². The zero-order valence-corrected chi connectivity index (χ0v) is 10.6. The third-order valence-corrected chi connectivity index (χ3v) is 3.92. The molecule has 1 aromatic rings. The van der Waals surface area contributed by atoms with Crippen molar-refractivity contribution in [3.63, 3.8) is 0 Å². The Balaban J connectivity index is 2.25. The van der Waals surface area contributed by atoms with Crippen LogP contribution in [0.15, 0.2) is 18.5 Å². The van der Waals surface area contributed by atoms with E-state index in [0.717, 1.165) is 12.1 Å². The molecular formula is C14H21FN2. The summed E-state index contributed by atoms with van der Waals surface area (Å²) in [5.74, 6) is 1.04. The molecule has 1 N–H and O–H groups in total. The summed E-state index contributed by atoms with van der Waals surface area (Å²) in [6, 6.07) is 1.95. The Morgan fingerprint density at radius 2 is 2.35 bits per heavy atom. The van der Waals surface area contributed by atoms with Crippen LogP contribution >= 0.6 is 0 Å². The van der Waals surface area contributed by atoms with Crippen molar-refractivity contribution in [2.45, 2.75) is 39.2 Å². The van der Waals surface area contributed by atoms with Crippen molar-refractivity contribution < 1.29 is 4.39 Å². The third kappa shape index (κ3) is 2.65. The van der Waals surface area contributed by atoms with E-state index in [1.54, 1.807) is 6.20 Å². The molecule has 0 aliphatic heterocycles. The highest BCUT2D eigenvalue weighted by Gasteiger charge is 2.32. The summed E-state index contributed by atoms with van der Waals surface area (Å²) in [7, 11) is 0. The number of nitrogens with zero attached hydrogens (tertiary/aromatic N) is 1. The van der Waals surface area contributed by atoms with Gasteiger partial charge in [-0.3, -0.25) is 4.98 Å². The number of pyridine rings is 1. The van der Waals surface area contributed by atoms with Gasteiger partial charge in [-0.15, -0.1) is 0 Å². The molecule has 1 heterocycles. The van der Waals surface area contributed by atoms with Gasteiger partial charge < -0.3 is 5.32 Å². The lowest BCUT2D eigenvalue weighted by Crippen LogP contribution is -2.30. The third-order valence-electron chi connectivity index (χ3n) is 3.92. The van der Waals surface area contributed by atoms with Gasteiger partial charge in [0.15, 0.2) is 0 Å². The predicted molar refractivity (Wildman–Crippen MR) is 67.1 cm³/mol. The number of hydrogen-bond donors (Lipinski definition) is 1. The first-order valence-corrected chi connectivity index (χ1v) is 6.56. The number of hydrogen-bond acceptors (Lipinski definition) is 2. The lowest BCUT2D eigenvalue weighted by atomic mass is 9.86. The first kappa shape index (κ1) is 12.5. The number of rotatable bonds is 4. The topological polar surface area (TPSA) is 24.9 Å². The SMILES string of the molecule is CCNC(c1ccncc1F)C1CCCC1C. The molecule has 1 fully saturated rings. The lowest BCUT2D eigenvalue weighted by molar-refractivity contribution is 0.299. The van der Waals surface area contributed by atoms with Gasteiger partial charge in [0.05, 0.1) is 6.20 Å². The van der Waals surface area contributed by atoms with Crippen LogP contribution in [0.2, 0.25) is 0 Å². The maximum absolute atomic E-state index is 13.8. The van der Waals surface area contributed by atoms with Crippen LogP contribution < -0.4 is 5.32 Å². The van der Waals surface area contributed by atoms with Gasteiger partial charge in [0.2, 0.25) is 0 Å². The van der Waals surface area contributed by atoms with Gasteiger partial charge in [0.1, 0.15) is 5.82 Å². The number of halogens is 1. The molecule has 3 unspecified atom stereocenters. The van der Waals surface area contributed by atoms with E-state index in [-0.39, 0.29) is 11.9 Å². The Hall–Kier alpha value is -0.960. The minimum Gasteiger partial charge on any atom is -0.310 e. The molecule has 0 amide bonds. The van der Waals surface area contributed by atoms with Gasteiger partial charge in [-0.05, 0) is 30.9 Å². The van der Waals surface area contributed by atoms with Gasteiger partial charge in [0, 0.05) is 17.8 Å². The molecule has 2 nitrogen and oxygen atoms in total. The summed E-state index contributed by atoms with van der Waals surface area (Å²) in [6.45, 7) is 5.22. The Morgan fingerprint density at radius 3 is 2.94 bits per heavy atom. The molecule has 0 spiro atoms. The molecular weight excluding hydrogens is 215 g/mol. The zero-order valence-electron chi connectivity index (χ0n) is 10.6. The Kier molecular flexibility index (Phi) is 4.11. The summed E-state index contributed by atoms with van der Waals surface area (Å²) in [5.41, 5.74) is 0.778. The second kappa shape index (κ2) is 5.58. The van der Waals surface area contributed by atoms with Crippen molar-refractivity contribution >= 4 is 0 Å². The van der Waals surface area contributed by atoms with E-state index < -0.39 is 0 Å². The standard InChI is InChI=1S/C14H21FN2/c1-3-17-14(11-6-4-5-10(11)2)12-7-8-16-9-13(12)15/h7-11,14,17H,3-6H2,1-2H3. The fourth-order valence-electron chi connectivity index (χ4n) is 3.02. The van der Waals surface area contributed by atoms with Crippen molar-refractivity contribution in [1.29, 1.82) is 0 Å². The highest BCUT2D eigenvalue weighted by molar-refractivity contribution is 5.19. The largest absolute Gasteiger partial charge is 0.310 e. The first-order valence-electron chi connectivity index (χ1n) is 6.56. The van der Waals surface area contributed by atoms with Crippen LogP contribution in [0.4, 0.5) is 4.39 Å². The summed E-state index contributed by atoms with van der Waals surface area (Å²) in [5, 5.41) is 3.44. The van der Waals surface area contributed by atoms with E-state index in [1.807, 2.05) is 6.07 Å². The minimum absolute atomic E-state index is 0.139. The molecule has 1 aromatic heterocycles. The summed E-state index contributed by atoms with van der Waals surface area (Å²) in [4.78, 5) is 3.83. The van der Waals surface area contributed by atoms with Crippen LogP contribution in [-0.2, 0) is 0 Å². The Bertz CT molecular complexity index is 367. The van der Waals surface area contributed by atoms with E-state index in [2.05, 4.69) is 24.1 Å². The monoisotopic (exact) mass is 236 g/mol. The van der Waals surface area contributed by atoms with Gasteiger partial charge in [-0.25, -0.2) is 4.39 Å². The summed E-state index contributed by atoms with van der Waals surface area (Å²) < 4.78 is 13.8. The molecule has 3 atom stereocenters. The maximum atomic E-state index is 13.8. The molecule has 1 aliphatic rings. The van der Waals surface area contributed by atoms with Gasteiger partial charge in [0.25, 0.3) is 0 Å². The molecule has 0 aromatic carbocycles. The molecule has 1 saturated carbocycles. The molecule has 2 rings (SSSR count). The molecule has 0 radical (unpaired) electrons. The normalized spacial score (nSPS) is 26.1. The van der Waals surface area contributed by atoms with Crippen LogP contribution in [0.25, 0.3) is 0 Å². The van der Waals surface area contributed by atoms with Crippen molar-refractivity contribution in [3.05, 3.63) is 29.8 Å². The average Bonchev–Trinajstić information content (AvgIpc) is 2.74. The maximum Gasteiger partial charge on any atom is 0.146 e. The molecule has 94 valence electrons. The quantitative estimate of drug-likeness (QED) is 0.867. The van der Waals surface area contributed by atoms with Crippen LogP contribution in [0.5, 0.6) is 0 Å². The smallest absolute Gasteiger partial charge is 0.146 e. The van der Waals surface area contributed by atoms with Crippen LogP contribution in [-0.4, -0.2) is 11.5 Å². The highest BCUT2D eigenvalue weighted by atomic mass is 19.1. The first-order chi connectivity index (χ1) is 8.24. The fraction of sp³-hybridized carbons (Fsp3) is 0.643. The second-order valence-electron chi connectivity index (χ2n) is 5.00. The van der Waals surface area contributed by atoms with Gasteiger partial charge in [-0.2, -0.15) is 0 Å². The zero-order chi connectivity index (χ0) is 12.3. The van der Waals surface area contributed by atoms with E-state index in [9.17, 15) is 4.39 Å². The Morgan fingerprint density at radius 1 is 1.53 bits per heavy atom. The van der Waals surface area contributed by atoms with Crippen LogP contribution in [0.3, 0.4) is 0 Å². The van der Waals surface area contributed by atoms with E-state index in [4.69, 9.17) is 0 Å². The van der Waals surface area contributed by atoms with Crippen molar-refractivity contribution in [2.24, 2.45) is 11.8 Å².